The summed E-state index contributed by atoms with van der Waals surface area (Å²) in [5.41, 5.74) is 0.284. The number of halogens is 3. The van der Waals surface area contributed by atoms with Gasteiger partial charge in [-0.15, -0.1) is 0 Å². The summed E-state index contributed by atoms with van der Waals surface area (Å²) in [7, 11) is 1.82. The van der Waals surface area contributed by atoms with Crippen LogP contribution in [0, 0.1) is 0 Å². The van der Waals surface area contributed by atoms with Crippen molar-refractivity contribution in [3.63, 3.8) is 0 Å². The topological polar surface area (TPSA) is 106 Å². The lowest BCUT2D eigenvalue weighted by Crippen LogP contribution is -2.56. The maximum Gasteiger partial charge on any atom is 0.416 e. The molecule has 0 aliphatic carbocycles. The number of pyridine rings is 1. The molecule has 0 radical (unpaired) electrons. The number of amides is 3. The highest BCUT2D eigenvalue weighted by Crippen LogP contribution is 2.30. The van der Waals surface area contributed by atoms with Crippen LogP contribution in [-0.2, 0) is 18.0 Å². The predicted octanol–water partition coefficient (Wildman–Crippen LogP) is 6.72. The second-order valence-corrected chi connectivity index (χ2v) is 12.1. The summed E-state index contributed by atoms with van der Waals surface area (Å²) < 4.78 is 51.6. The third-order valence-corrected chi connectivity index (χ3v) is 7.46. The number of carbonyl (C=O) groups excluding carboxylic acids is 3. The van der Waals surface area contributed by atoms with E-state index < -0.39 is 29.3 Å². The maximum atomic E-state index is 13.6. The van der Waals surface area contributed by atoms with E-state index in [-0.39, 0.29) is 23.4 Å². The molecule has 0 unspecified atom stereocenters. The Kier molecular flexibility index (Phi) is 8.70. The van der Waals surface area contributed by atoms with Crippen molar-refractivity contribution < 1.29 is 37.0 Å². The van der Waals surface area contributed by atoms with Gasteiger partial charge in [0.05, 0.1) is 17.4 Å². The highest BCUT2D eigenvalue weighted by Gasteiger charge is 2.34. The molecule has 1 aliphatic heterocycles. The third-order valence-electron chi connectivity index (χ3n) is 7.46. The molecular weight excluding hydrogens is 603 g/mol. The highest BCUT2D eigenvalue weighted by molar-refractivity contribution is 6.04. The number of carbonyl (C=O) groups is 3. The van der Waals surface area contributed by atoms with Crippen LogP contribution in [0.15, 0.2) is 66.9 Å². The van der Waals surface area contributed by atoms with Gasteiger partial charge in [0, 0.05) is 55.3 Å². The van der Waals surface area contributed by atoms with Crippen molar-refractivity contribution >= 4 is 34.5 Å². The third kappa shape index (κ3) is 7.24. The molecule has 0 spiro atoms. The average molecular weight is 638 g/mol. The van der Waals surface area contributed by atoms with Gasteiger partial charge in [-0.1, -0.05) is 0 Å². The molecule has 13 heteroatoms. The van der Waals surface area contributed by atoms with Gasteiger partial charge in [-0.25, -0.2) is 9.78 Å². The number of piperazine rings is 1. The molecule has 5 rings (SSSR count). The number of rotatable bonds is 5. The summed E-state index contributed by atoms with van der Waals surface area (Å²) in [6, 6.07) is 14.0. The zero-order valence-corrected chi connectivity index (χ0v) is 26.0. The van der Waals surface area contributed by atoms with Gasteiger partial charge in [0.15, 0.2) is 0 Å². The first-order valence-electron chi connectivity index (χ1n) is 14.6. The molecule has 0 bridgehead atoms. The SMILES string of the molecule is C[C@@H]1CN(C(=O)OC(C)(C)C)CCN1C(=O)c1cc2cc(Oc3ccc(NC(=O)c4ccc(C(F)(F)F)cc4)cn3)ccc2n1C. The average Bonchev–Trinajstić information content (AvgIpc) is 3.32. The predicted molar refractivity (Wildman–Crippen MR) is 165 cm³/mol. The van der Waals surface area contributed by atoms with Crippen LogP contribution in [0.4, 0.5) is 23.7 Å². The van der Waals surface area contributed by atoms with Crippen molar-refractivity contribution in [2.45, 2.75) is 45.5 Å². The van der Waals surface area contributed by atoms with Crippen molar-refractivity contribution in [2.75, 3.05) is 25.0 Å². The van der Waals surface area contributed by atoms with Crippen LogP contribution >= 0.6 is 0 Å². The van der Waals surface area contributed by atoms with Gasteiger partial charge in [0.25, 0.3) is 11.8 Å². The lowest BCUT2D eigenvalue weighted by molar-refractivity contribution is -0.137. The Labute approximate surface area is 263 Å². The lowest BCUT2D eigenvalue weighted by atomic mass is 10.1. The van der Waals surface area contributed by atoms with Crippen LogP contribution in [0.2, 0.25) is 0 Å². The zero-order chi connectivity index (χ0) is 33.4. The van der Waals surface area contributed by atoms with Crippen LogP contribution in [0.3, 0.4) is 0 Å². The van der Waals surface area contributed by atoms with Crippen molar-refractivity contribution in [1.29, 1.82) is 0 Å². The number of fused-ring (bicyclic) bond motifs is 1. The Morgan fingerprint density at radius 2 is 1.67 bits per heavy atom. The molecule has 4 aromatic rings. The monoisotopic (exact) mass is 637 g/mol. The molecule has 1 fully saturated rings. The number of hydrogen-bond donors (Lipinski definition) is 1. The fraction of sp³-hybridized carbons (Fsp3) is 0.333. The van der Waals surface area contributed by atoms with Gasteiger partial charge in [-0.05, 0) is 82.3 Å². The molecule has 3 amide bonds. The first-order chi connectivity index (χ1) is 21.6. The largest absolute Gasteiger partial charge is 0.444 e. The number of nitrogens with one attached hydrogen (secondary N) is 1. The molecule has 2 aromatic carbocycles. The molecule has 1 aliphatic rings. The quantitative estimate of drug-likeness (QED) is 0.261. The van der Waals surface area contributed by atoms with Crippen LogP contribution in [-0.4, -0.2) is 68.5 Å². The fourth-order valence-electron chi connectivity index (χ4n) is 5.14. The number of benzene rings is 2. The number of ether oxygens (including phenoxy) is 2. The van der Waals surface area contributed by atoms with Crippen LogP contribution in [0.25, 0.3) is 10.9 Å². The van der Waals surface area contributed by atoms with E-state index in [1.54, 1.807) is 40.1 Å². The molecule has 1 N–H and O–H groups in total. The van der Waals surface area contributed by atoms with E-state index in [1.807, 2.05) is 45.4 Å². The molecule has 0 saturated carbocycles. The van der Waals surface area contributed by atoms with E-state index >= 15 is 0 Å². The van der Waals surface area contributed by atoms with E-state index in [4.69, 9.17) is 9.47 Å². The summed E-state index contributed by atoms with van der Waals surface area (Å²) >= 11 is 0. The Morgan fingerprint density at radius 1 is 0.957 bits per heavy atom. The van der Waals surface area contributed by atoms with E-state index in [2.05, 4.69) is 10.3 Å². The normalized spacial score (nSPS) is 15.5. The second-order valence-electron chi connectivity index (χ2n) is 12.1. The minimum Gasteiger partial charge on any atom is -0.444 e. The molecule has 242 valence electrons. The summed E-state index contributed by atoms with van der Waals surface area (Å²) in [6.45, 7) is 8.47. The number of aromatic nitrogens is 2. The standard InChI is InChI=1S/C33H34F3N5O5/c1-20-19-40(31(44)46-32(2,3)4)14-15-41(20)30(43)27-17-22-16-25(11-12-26(22)39(27)5)45-28-13-10-24(18-37-28)38-29(42)21-6-8-23(9-7-21)33(34,35)36/h6-13,16-18,20H,14-15,19H2,1-5H3,(H,38,42)/t20-/m1/s1. The number of nitrogens with zero attached hydrogens (tertiary/aromatic N) is 4. The Bertz CT molecular complexity index is 1760. The van der Waals surface area contributed by atoms with Gasteiger partial charge in [0.1, 0.15) is 17.0 Å². The first-order valence-corrected chi connectivity index (χ1v) is 14.6. The minimum absolute atomic E-state index is 0.0693. The first kappa shape index (κ1) is 32.3. The van der Waals surface area contributed by atoms with Crippen LogP contribution in [0.1, 0.15) is 54.1 Å². The molecule has 2 aromatic heterocycles. The van der Waals surface area contributed by atoms with Gasteiger partial charge in [-0.3, -0.25) is 9.59 Å². The smallest absolute Gasteiger partial charge is 0.416 e. The summed E-state index contributed by atoms with van der Waals surface area (Å²) in [6.07, 6.45) is -3.51. The molecular formula is C33H34F3N5O5. The van der Waals surface area contributed by atoms with Crippen molar-refractivity contribution in [3.8, 4) is 11.6 Å². The second kappa shape index (κ2) is 12.4. The van der Waals surface area contributed by atoms with Crippen molar-refractivity contribution in [2.24, 2.45) is 7.05 Å². The van der Waals surface area contributed by atoms with E-state index in [1.165, 1.54) is 6.20 Å². The summed E-state index contributed by atoms with van der Waals surface area (Å²) in [4.78, 5) is 46.2. The van der Waals surface area contributed by atoms with Gasteiger partial charge in [0.2, 0.25) is 5.88 Å². The Morgan fingerprint density at radius 3 is 2.28 bits per heavy atom. The number of hydrogen-bond acceptors (Lipinski definition) is 6. The fourth-order valence-corrected chi connectivity index (χ4v) is 5.14. The van der Waals surface area contributed by atoms with Gasteiger partial charge >= 0.3 is 12.3 Å². The van der Waals surface area contributed by atoms with Crippen molar-refractivity contribution in [1.82, 2.24) is 19.4 Å². The maximum absolute atomic E-state index is 13.6. The number of alkyl halides is 3. The van der Waals surface area contributed by atoms with E-state index in [9.17, 15) is 27.6 Å². The van der Waals surface area contributed by atoms with Crippen molar-refractivity contribution in [3.05, 3.63) is 83.7 Å². The Hall–Kier alpha value is -5.07. The summed E-state index contributed by atoms with van der Waals surface area (Å²) in [5.74, 6) is -0.00207. The molecule has 1 atom stereocenters. The molecule has 3 heterocycles. The molecule has 46 heavy (non-hydrogen) atoms. The summed E-state index contributed by atoms with van der Waals surface area (Å²) in [5, 5.41) is 3.38. The van der Waals surface area contributed by atoms with E-state index in [0.717, 1.165) is 35.2 Å². The number of aryl methyl sites for hydroxylation is 1. The van der Waals surface area contributed by atoms with Crippen LogP contribution < -0.4 is 10.1 Å². The van der Waals surface area contributed by atoms with Gasteiger partial charge in [-0.2, -0.15) is 13.2 Å². The van der Waals surface area contributed by atoms with Gasteiger partial charge < -0.3 is 29.2 Å². The molecule has 10 nitrogen and oxygen atoms in total. The highest BCUT2D eigenvalue weighted by atomic mass is 19.4. The Balaban J connectivity index is 1.22. The number of anilines is 1. The van der Waals surface area contributed by atoms with Crippen LogP contribution in [0.5, 0.6) is 11.6 Å². The molecule has 1 saturated heterocycles. The lowest BCUT2D eigenvalue weighted by Gasteiger charge is -2.40. The van der Waals surface area contributed by atoms with E-state index in [0.29, 0.717) is 36.8 Å². The zero-order valence-electron chi connectivity index (χ0n) is 26.0. The minimum atomic E-state index is -4.49.